The van der Waals surface area contributed by atoms with E-state index < -0.39 is 0 Å². The number of benzene rings is 1. The van der Waals surface area contributed by atoms with Crippen LogP contribution in [-0.4, -0.2) is 10.9 Å². The summed E-state index contributed by atoms with van der Waals surface area (Å²) in [5, 5.41) is 9.87. The smallest absolute Gasteiger partial charge is 0.167 e. The molecule has 1 aromatic carbocycles. The first kappa shape index (κ1) is 11.0. The summed E-state index contributed by atoms with van der Waals surface area (Å²) in [5.41, 5.74) is 2.69. The molecule has 3 rings (SSSR count). The van der Waals surface area contributed by atoms with Crippen LogP contribution in [0, 0.1) is 0 Å². The summed E-state index contributed by atoms with van der Waals surface area (Å²) in [4.78, 5) is 11.9. The van der Waals surface area contributed by atoms with Crippen molar-refractivity contribution in [2.45, 2.75) is 31.6 Å². The molecule has 2 aliphatic carbocycles. The number of hydrogen-bond donors (Lipinski definition) is 1. The molecule has 2 nitrogen and oxygen atoms in total. The first-order valence-corrected chi connectivity index (χ1v) is 6.71. The molecule has 2 aliphatic rings. The van der Waals surface area contributed by atoms with Gasteiger partial charge in [-0.25, -0.2) is 0 Å². The highest BCUT2D eigenvalue weighted by molar-refractivity contribution is 9.10. The van der Waals surface area contributed by atoms with Crippen LogP contribution in [0.2, 0.25) is 0 Å². The Hall–Kier alpha value is -1.09. The second kappa shape index (κ2) is 3.98. The van der Waals surface area contributed by atoms with E-state index in [1.54, 1.807) is 0 Å². The molecule has 0 unspecified atom stereocenters. The number of rotatable bonds is 2. The Morgan fingerprint density at radius 3 is 2.59 bits per heavy atom. The molecule has 0 atom stereocenters. The van der Waals surface area contributed by atoms with Gasteiger partial charge in [-0.1, -0.05) is 22.0 Å². The predicted octanol–water partition coefficient (Wildman–Crippen LogP) is 3.96. The van der Waals surface area contributed by atoms with Crippen molar-refractivity contribution in [3.8, 4) is 0 Å². The molecule has 0 bridgehead atoms. The molecule has 17 heavy (non-hydrogen) atoms. The molecule has 1 saturated carbocycles. The predicted molar refractivity (Wildman–Crippen MR) is 69.9 cm³/mol. The number of aliphatic hydroxyl groups is 1. The second-order valence-corrected chi connectivity index (χ2v) is 5.67. The lowest BCUT2D eigenvalue weighted by molar-refractivity contribution is -0.113. The molecule has 0 aliphatic heterocycles. The number of halogens is 1. The molecule has 1 fully saturated rings. The van der Waals surface area contributed by atoms with Crippen molar-refractivity contribution in [3.63, 3.8) is 0 Å². The molecule has 3 heteroatoms. The number of carbonyl (C=O) groups is 1. The molecular formula is C14H13BrO2. The summed E-state index contributed by atoms with van der Waals surface area (Å²) in [6.45, 7) is 0. The zero-order chi connectivity index (χ0) is 12.0. The van der Waals surface area contributed by atoms with Gasteiger partial charge >= 0.3 is 0 Å². The minimum atomic E-state index is 0.0718. The number of carbonyl (C=O) groups excluding carboxylic acids is 1. The lowest BCUT2D eigenvalue weighted by Crippen LogP contribution is -2.00. The highest BCUT2D eigenvalue weighted by Gasteiger charge is 2.31. The van der Waals surface area contributed by atoms with E-state index in [0.717, 1.165) is 10.0 Å². The topological polar surface area (TPSA) is 37.3 Å². The largest absolute Gasteiger partial charge is 0.512 e. The zero-order valence-electron chi connectivity index (χ0n) is 9.37. The van der Waals surface area contributed by atoms with Crippen molar-refractivity contribution in [2.75, 3.05) is 0 Å². The van der Waals surface area contributed by atoms with Crippen molar-refractivity contribution < 1.29 is 9.90 Å². The molecule has 0 heterocycles. The zero-order valence-corrected chi connectivity index (χ0v) is 11.0. The minimum absolute atomic E-state index is 0.0718. The van der Waals surface area contributed by atoms with Gasteiger partial charge in [0.1, 0.15) is 5.76 Å². The summed E-state index contributed by atoms with van der Waals surface area (Å²) in [5.74, 6) is 0.907. The highest BCUT2D eigenvalue weighted by atomic mass is 79.9. The van der Waals surface area contributed by atoms with Gasteiger partial charge in [0.15, 0.2) is 5.78 Å². The molecular weight excluding hydrogens is 280 g/mol. The van der Waals surface area contributed by atoms with E-state index in [0.29, 0.717) is 24.3 Å². The van der Waals surface area contributed by atoms with Crippen molar-refractivity contribution in [2.24, 2.45) is 0 Å². The third-order valence-corrected chi connectivity index (χ3v) is 3.95. The molecule has 0 spiro atoms. The van der Waals surface area contributed by atoms with Crippen LogP contribution in [0.25, 0.3) is 5.57 Å². The SMILES string of the molecule is O=C1CCC(O)=C1c1cc(Br)ccc1C1CC1. The maximum atomic E-state index is 11.9. The van der Waals surface area contributed by atoms with Crippen LogP contribution >= 0.6 is 15.9 Å². The van der Waals surface area contributed by atoms with Gasteiger partial charge < -0.3 is 5.11 Å². The van der Waals surface area contributed by atoms with E-state index in [1.165, 1.54) is 18.4 Å². The van der Waals surface area contributed by atoms with Gasteiger partial charge in [0.2, 0.25) is 0 Å². The number of allylic oxidation sites excluding steroid dienone is 2. The number of aliphatic hydroxyl groups excluding tert-OH is 1. The molecule has 0 amide bonds. The van der Waals surface area contributed by atoms with Gasteiger partial charge in [-0.3, -0.25) is 4.79 Å². The summed E-state index contributed by atoms with van der Waals surface area (Å²) < 4.78 is 0.955. The molecule has 0 radical (unpaired) electrons. The van der Waals surface area contributed by atoms with Crippen molar-refractivity contribution in [3.05, 3.63) is 39.6 Å². The fourth-order valence-corrected chi connectivity index (χ4v) is 2.80. The van der Waals surface area contributed by atoms with Crippen LogP contribution < -0.4 is 0 Å². The Morgan fingerprint density at radius 1 is 1.24 bits per heavy atom. The Bertz CT molecular complexity index is 527. The normalized spacial score (nSPS) is 20.2. The third-order valence-electron chi connectivity index (χ3n) is 3.46. The Morgan fingerprint density at radius 2 is 2.00 bits per heavy atom. The van der Waals surface area contributed by atoms with Crippen LogP contribution in [0.15, 0.2) is 28.4 Å². The Labute approximate surface area is 108 Å². The third kappa shape index (κ3) is 1.93. The van der Waals surface area contributed by atoms with Crippen molar-refractivity contribution >= 4 is 27.3 Å². The van der Waals surface area contributed by atoms with Crippen LogP contribution in [0.5, 0.6) is 0 Å². The number of ketones is 1. The van der Waals surface area contributed by atoms with E-state index in [1.807, 2.05) is 12.1 Å². The van der Waals surface area contributed by atoms with Crippen LogP contribution in [0.1, 0.15) is 42.7 Å². The first-order valence-electron chi connectivity index (χ1n) is 5.92. The van der Waals surface area contributed by atoms with Crippen molar-refractivity contribution in [1.82, 2.24) is 0 Å². The lowest BCUT2D eigenvalue weighted by atomic mass is 9.95. The molecule has 0 aromatic heterocycles. The quantitative estimate of drug-likeness (QED) is 0.896. The maximum absolute atomic E-state index is 11.9. The first-order chi connectivity index (χ1) is 8.16. The fourth-order valence-electron chi connectivity index (χ4n) is 2.44. The van der Waals surface area contributed by atoms with Gasteiger partial charge in [-0.2, -0.15) is 0 Å². The van der Waals surface area contributed by atoms with Gasteiger partial charge in [0.25, 0.3) is 0 Å². The van der Waals surface area contributed by atoms with Gasteiger partial charge in [0.05, 0.1) is 5.57 Å². The van der Waals surface area contributed by atoms with Gasteiger partial charge in [0, 0.05) is 17.3 Å². The molecule has 1 aromatic rings. The van der Waals surface area contributed by atoms with E-state index in [4.69, 9.17) is 0 Å². The van der Waals surface area contributed by atoms with Gasteiger partial charge in [-0.15, -0.1) is 0 Å². The second-order valence-electron chi connectivity index (χ2n) is 4.75. The lowest BCUT2D eigenvalue weighted by Gasteiger charge is -2.10. The van der Waals surface area contributed by atoms with Crippen LogP contribution in [0.4, 0.5) is 0 Å². The van der Waals surface area contributed by atoms with E-state index in [-0.39, 0.29) is 11.5 Å². The van der Waals surface area contributed by atoms with Gasteiger partial charge in [-0.05, 0) is 42.0 Å². The molecule has 88 valence electrons. The minimum Gasteiger partial charge on any atom is -0.512 e. The summed E-state index contributed by atoms with van der Waals surface area (Å²) in [6.07, 6.45) is 3.32. The molecule has 1 N–H and O–H groups in total. The van der Waals surface area contributed by atoms with E-state index >= 15 is 0 Å². The number of Topliss-reactive ketones (excluding diaryl/α,β-unsaturated/α-hetero) is 1. The number of hydrogen-bond acceptors (Lipinski definition) is 2. The summed E-state index contributed by atoms with van der Waals surface area (Å²) in [6, 6.07) is 6.04. The Balaban J connectivity index is 2.15. The monoisotopic (exact) mass is 292 g/mol. The average molecular weight is 293 g/mol. The van der Waals surface area contributed by atoms with E-state index in [9.17, 15) is 9.90 Å². The summed E-state index contributed by atoms with van der Waals surface area (Å²) in [7, 11) is 0. The standard InChI is InChI=1S/C14H13BrO2/c15-9-3-4-10(8-1-2-8)11(7-9)14-12(16)5-6-13(14)17/h3-4,7-8,16H,1-2,5-6H2. The van der Waals surface area contributed by atoms with Crippen LogP contribution in [0.3, 0.4) is 0 Å². The highest BCUT2D eigenvalue weighted by Crippen LogP contribution is 2.45. The maximum Gasteiger partial charge on any atom is 0.167 e. The van der Waals surface area contributed by atoms with Crippen molar-refractivity contribution in [1.29, 1.82) is 0 Å². The summed E-state index contributed by atoms with van der Waals surface area (Å²) >= 11 is 3.44. The van der Waals surface area contributed by atoms with E-state index in [2.05, 4.69) is 22.0 Å². The van der Waals surface area contributed by atoms with Crippen LogP contribution in [-0.2, 0) is 4.79 Å². The fraction of sp³-hybridized carbons (Fsp3) is 0.357. The Kier molecular flexibility index (Phi) is 2.58. The molecule has 0 saturated heterocycles. The average Bonchev–Trinajstić information content (AvgIpc) is 3.06.